The Hall–Kier alpha value is -3.84. The first-order valence-corrected chi connectivity index (χ1v) is 20.5. The number of hydrogen-bond acceptors (Lipinski definition) is 9. The highest BCUT2D eigenvalue weighted by Gasteiger charge is 2.69. The number of aliphatic hydroxyl groups excluding tert-OH is 1. The van der Waals surface area contributed by atoms with E-state index in [1.165, 1.54) is 0 Å². The van der Waals surface area contributed by atoms with Gasteiger partial charge in [-0.3, -0.25) is 14.4 Å². The monoisotopic (exact) mass is 755 g/mol. The number of carbonyl (C=O) groups excluding carboxylic acids is 2. The average Bonchev–Trinajstić information content (AvgIpc) is 3.75. The van der Waals surface area contributed by atoms with Crippen molar-refractivity contribution in [3.05, 3.63) is 46.9 Å². The molecule has 1 heterocycles. The Morgan fingerprint density at radius 1 is 1.05 bits per heavy atom. The molecule has 9 atom stereocenters. The molecule has 0 spiro atoms. The summed E-state index contributed by atoms with van der Waals surface area (Å²) in [4.78, 5) is 38.7. The molecule has 0 saturated heterocycles. The molecule has 298 valence electrons. The normalized spacial score (nSPS) is 33.0. The fraction of sp³-hybridized carbons (Fsp3) is 0.689. The maximum atomic E-state index is 14.1. The van der Waals surface area contributed by atoms with Crippen molar-refractivity contribution in [1.82, 2.24) is 10.2 Å². The van der Waals surface area contributed by atoms with Gasteiger partial charge in [0, 0.05) is 17.4 Å². The molecule has 10 nitrogen and oxygen atoms in total. The molecule has 3 fully saturated rings. The van der Waals surface area contributed by atoms with E-state index in [9.17, 15) is 29.9 Å². The zero-order valence-corrected chi connectivity index (χ0v) is 34.3. The number of allylic oxidation sites excluding steroid dienone is 1. The number of carboxylic acids is 1. The summed E-state index contributed by atoms with van der Waals surface area (Å²) in [7, 11) is 0. The van der Waals surface area contributed by atoms with Crippen LogP contribution < -0.4 is 0 Å². The number of carbonyl (C=O) groups is 3. The lowest BCUT2D eigenvalue weighted by atomic mass is 9.35. The Labute approximate surface area is 326 Å². The molecule has 0 unspecified atom stereocenters. The van der Waals surface area contributed by atoms with Crippen LogP contribution in [0.25, 0.3) is 11.5 Å². The number of nitrogens with zero attached hydrogens (tertiary/aromatic N) is 3. The highest BCUT2D eigenvalue weighted by molar-refractivity contribution is 6.00. The summed E-state index contributed by atoms with van der Waals surface area (Å²) in [5.74, 6) is 0.0233. The van der Waals surface area contributed by atoms with Gasteiger partial charge in [0.05, 0.1) is 23.5 Å². The van der Waals surface area contributed by atoms with Crippen molar-refractivity contribution in [3.8, 4) is 17.5 Å². The molecule has 4 aliphatic rings. The summed E-state index contributed by atoms with van der Waals surface area (Å²) in [5.41, 5.74) is 0.995. The number of carboxylic acid groups (broad SMARTS) is 1. The summed E-state index contributed by atoms with van der Waals surface area (Å²) < 4.78 is 12.1. The van der Waals surface area contributed by atoms with E-state index in [1.807, 2.05) is 6.92 Å². The number of hydrogen-bond donors (Lipinski definition) is 2. The number of nitriles is 1. The molecule has 1 aromatic carbocycles. The maximum Gasteiger partial charge on any atom is 0.309 e. The van der Waals surface area contributed by atoms with Crippen LogP contribution in [0.4, 0.5) is 0 Å². The van der Waals surface area contributed by atoms with E-state index in [-0.39, 0.29) is 64.6 Å². The third kappa shape index (κ3) is 6.66. The number of fused-ring (bicyclic) bond motifs is 5. The van der Waals surface area contributed by atoms with E-state index >= 15 is 0 Å². The van der Waals surface area contributed by atoms with E-state index in [4.69, 9.17) is 9.15 Å². The van der Waals surface area contributed by atoms with Crippen LogP contribution in [0.15, 0.2) is 39.8 Å². The molecule has 6 rings (SSSR count). The van der Waals surface area contributed by atoms with Gasteiger partial charge in [-0.2, -0.15) is 5.26 Å². The van der Waals surface area contributed by atoms with Crippen molar-refractivity contribution in [2.24, 2.45) is 50.7 Å². The Morgan fingerprint density at radius 2 is 1.75 bits per heavy atom. The minimum atomic E-state index is -1.18. The molecule has 10 heteroatoms. The van der Waals surface area contributed by atoms with Crippen LogP contribution in [0.3, 0.4) is 0 Å². The molecule has 4 aliphatic carbocycles. The minimum absolute atomic E-state index is 0.00718. The molecule has 2 aromatic rings. The number of aromatic nitrogens is 2. The summed E-state index contributed by atoms with van der Waals surface area (Å²) in [5, 5.41) is 39.8. The van der Waals surface area contributed by atoms with Crippen LogP contribution in [-0.4, -0.2) is 44.2 Å². The predicted molar refractivity (Wildman–Crippen MR) is 207 cm³/mol. The van der Waals surface area contributed by atoms with Crippen molar-refractivity contribution >= 4 is 17.7 Å². The first-order chi connectivity index (χ1) is 25.8. The van der Waals surface area contributed by atoms with Crippen LogP contribution in [0, 0.1) is 62.1 Å². The molecule has 55 heavy (non-hydrogen) atoms. The number of aliphatic hydroxyl groups is 1. The zero-order chi connectivity index (χ0) is 40.3. The maximum absolute atomic E-state index is 14.1. The molecule has 0 amide bonds. The van der Waals surface area contributed by atoms with Gasteiger partial charge in [-0.25, -0.2) is 0 Å². The topological polar surface area (TPSA) is 164 Å². The van der Waals surface area contributed by atoms with Gasteiger partial charge in [-0.05, 0) is 147 Å². The number of ether oxygens (including phenoxy) is 1. The van der Waals surface area contributed by atoms with Crippen molar-refractivity contribution in [2.75, 3.05) is 0 Å². The highest BCUT2D eigenvalue weighted by atomic mass is 16.5. The summed E-state index contributed by atoms with van der Waals surface area (Å²) in [6.45, 7) is 19.1. The van der Waals surface area contributed by atoms with E-state index in [1.54, 1.807) is 38.1 Å². The highest BCUT2D eigenvalue weighted by Crippen LogP contribution is 2.76. The first-order valence-electron chi connectivity index (χ1n) is 20.5. The summed E-state index contributed by atoms with van der Waals surface area (Å²) in [6, 6.07) is 9.01. The van der Waals surface area contributed by atoms with Crippen LogP contribution in [0.2, 0.25) is 0 Å². The van der Waals surface area contributed by atoms with Gasteiger partial charge < -0.3 is 19.4 Å². The van der Waals surface area contributed by atoms with Gasteiger partial charge in [0.2, 0.25) is 11.8 Å². The second-order valence-corrected chi connectivity index (χ2v) is 19.2. The average molecular weight is 756 g/mol. The molecule has 1 aromatic heterocycles. The lowest BCUT2D eigenvalue weighted by molar-refractivity contribution is -0.192. The SMILES string of the molecule is CC[C@H](CC[C@@]1(C)[C@H](C)CC[C@]2(C)[C@@H]1CC[C@@H]1C3=C(C(C)C)C(=O)C[C@]3([C@@H](O)c3nnc(-c4ccc(C#N)cc4)o3)CC[C@]12C)OC(=O)CC(C)(C)C(=O)O. The minimum Gasteiger partial charge on any atom is -0.481 e. The van der Waals surface area contributed by atoms with Gasteiger partial charge in [0.1, 0.15) is 12.2 Å². The van der Waals surface area contributed by atoms with Crippen LogP contribution >= 0.6 is 0 Å². The van der Waals surface area contributed by atoms with Gasteiger partial charge in [0.25, 0.3) is 0 Å². The van der Waals surface area contributed by atoms with Crippen LogP contribution in [0.1, 0.15) is 151 Å². The lowest BCUT2D eigenvalue weighted by Gasteiger charge is -2.69. The Kier molecular flexibility index (Phi) is 10.8. The van der Waals surface area contributed by atoms with Crippen LogP contribution in [-0.2, 0) is 19.1 Å². The molecule has 0 aliphatic heterocycles. The molecule has 0 radical (unpaired) electrons. The number of ketones is 1. The largest absolute Gasteiger partial charge is 0.481 e. The fourth-order valence-corrected chi connectivity index (χ4v) is 11.8. The third-order valence-electron chi connectivity index (χ3n) is 15.6. The smallest absolute Gasteiger partial charge is 0.309 e. The second kappa shape index (κ2) is 14.6. The van der Waals surface area contributed by atoms with Crippen molar-refractivity contribution in [2.45, 2.75) is 145 Å². The third-order valence-corrected chi connectivity index (χ3v) is 15.6. The van der Waals surface area contributed by atoms with Crippen molar-refractivity contribution < 1.29 is 33.8 Å². The first kappa shape index (κ1) is 40.8. The standard InChI is InChI=1S/C45H61N3O7/c1-10-30(54-34(50)24-41(5,6)40(52)53)18-19-42(7)27(4)17-20-44(9)33(42)16-15-31-36-35(26(2)3)32(49)23-45(36,22-21-43(31,44)8)37(51)39-48-47-38(55-39)29-13-11-28(25-46)12-14-29/h11-14,26-27,30-31,33,37,51H,10,15-24H2,1-9H3,(H,52,53)/t27-,30-,31-,33-,37+,42+,43-,44-,45-/m1/s1. The number of esters is 1. The van der Waals surface area contributed by atoms with Crippen molar-refractivity contribution in [3.63, 3.8) is 0 Å². The van der Waals surface area contributed by atoms with Crippen LogP contribution in [0.5, 0.6) is 0 Å². The summed E-state index contributed by atoms with van der Waals surface area (Å²) >= 11 is 0. The van der Waals surface area contributed by atoms with E-state index in [0.717, 1.165) is 56.1 Å². The number of aliphatic carboxylic acids is 1. The number of Topliss-reactive ketones (excluding diaryl/α,β-unsaturated/α-hetero) is 1. The lowest BCUT2D eigenvalue weighted by Crippen LogP contribution is -2.62. The second-order valence-electron chi connectivity index (χ2n) is 19.2. The molecule has 0 bridgehead atoms. The van der Waals surface area contributed by atoms with Gasteiger partial charge in [-0.15, -0.1) is 10.2 Å². The molecular formula is C45H61N3O7. The number of benzene rings is 1. The van der Waals surface area contributed by atoms with E-state index < -0.39 is 28.9 Å². The molecule has 2 N–H and O–H groups in total. The number of rotatable bonds is 12. The van der Waals surface area contributed by atoms with Gasteiger partial charge in [0.15, 0.2) is 5.78 Å². The Balaban J connectivity index is 1.29. The predicted octanol–water partition coefficient (Wildman–Crippen LogP) is 9.43. The van der Waals surface area contributed by atoms with E-state index in [2.05, 4.69) is 57.8 Å². The van der Waals surface area contributed by atoms with Gasteiger partial charge >= 0.3 is 11.9 Å². The van der Waals surface area contributed by atoms with Gasteiger partial charge in [-0.1, -0.05) is 48.5 Å². The van der Waals surface area contributed by atoms with Crippen molar-refractivity contribution in [1.29, 1.82) is 5.26 Å². The molecule has 3 saturated carbocycles. The Bertz CT molecular complexity index is 1890. The zero-order valence-electron chi connectivity index (χ0n) is 34.3. The van der Waals surface area contributed by atoms with E-state index in [0.29, 0.717) is 35.8 Å². The quantitative estimate of drug-likeness (QED) is 0.200. The summed E-state index contributed by atoms with van der Waals surface area (Å²) in [6.07, 6.45) is 6.55. The Morgan fingerprint density at radius 3 is 2.36 bits per heavy atom. The fourth-order valence-electron chi connectivity index (χ4n) is 11.8. The molecular weight excluding hydrogens is 695 g/mol.